The highest BCUT2D eigenvalue weighted by Crippen LogP contribution is 2.13. The molecular weight excluding hydrogens is 212 g/mol. The Morgan fingerprint density at radius 2 is 2.06 bits per heavy atom. The fraction of sp³-hybridized carbons (Fsp3) is 0.900. The molecule has 3 atom stereocenters. The van der Waals surface area contributed by atoms with Crippen molar-refractivity contribution in [1.82, 2.24) is 10.2 Å². The fourth-order valence-corrected chi connectivity index (χ4v) is 1.70. The number of aliphatic hydroxyl groups is 2. The molecule has 1 fully saturated rings. The highest BCUT2D eigenvalue weighted by Gasteiger charge is 2.34. The molecule has 3 N–H and O–H groups in total. The molecule has 1 aliphatic heterocycles. The van der Waals surface area contributed by atoms with Gasteiger partial charge in [-0.25, -0.2) is 0 Å². The van der Waals surface area contributed by atoms with Crippen LogP contribution in [0, 0.1) is 0 Å². The van der Waals surface area contributed by atoms with Gasteiger partial charge in [0.25, 0.3) is 0 Å². The number of rotatable bonds is 5. The summed E-state index contributed by atoms with van der Waals surface area (Å²) in [7, 11) is 1.57. The van der Waals surface area contributed by atoms with Crippen molar-refractivity contribution in [2.45, 2.75) is 25.2 Å². The van der Waals surface area contributed by atoms with E-state index in [1.165, 1.54) is 0 Å². The van der Waals surface area contributed by atoms with Crippen molar-refractivity contribution < 1.29 is 19.7 Å². The van der Waals surface area contributed by atoms with Crippen LogP contribution in [0.25, 0.3) is 0 Å². The average molecular weight is 232 g/mol. The Kier molecular flexibility index (Phi) is 5.14. The first-order chi connectivity index (χ1) is 7.56. The summed E-state index contributed by atoms with van der Waals surface area (Å²) in [6, 6.07) is -0.344. The standard InChI is InChI=1S/C10H20N2O4/c1-7(10(15)11-3-4-16-2)12-5-8(13)9(14)6-12/h7-9,13-14H,3-6H2,1-2H3,(H,11,15)/t7?,8-,9+. The first-order valence-corrected chi connectivity index (χ1v) is 5.43. The summed E-state index contributed by atoms with van der Waals surface area (Å²) in [5.41, 5.74) is 0. The number of carbonyl (C=O) groups is 1. The molecule has 0 aromatic rings. The van der Waals surface area contributed by atoms with Crippen molar-refractivity contribution in [2.24, 2.45) is 0 Å². The Balaban J connectivity index is 2.33. The van der Waals surface area contributed by atoms with Crippen molar-refractivity contribution in [3.63, 3.8) is 0 Å². The molecule has 1 rings (SSSR count). The zero-order chi connectivity index (χ0) is 12.1. The number of carbonyl (C=O) groups excluding carboxylic acids is 1. The molecule has 0 saturated carbocycles. The number of hydrogen-bond donors (Lipinski definition) is 3. The third-order valence-corrected chi connectivity index (χ3v) is 2.82. The van der Waals surface area contributed by atoms with E-state index in [-0.39, 0.29) is 11.9 Å². The Labute approximate surface area is 95.2 Å². The third kappa shape index (κ3) is 3.41. The molecule has 1 heterocycles. The van der Waals surface area contributed by atoms with Crippen LogP contribution in [0.1, 0.15) is 6.92 Å². The van der Waals surface area contributed by atoms with Gasteiger partial charge in [-0.1, -0.05) is 0 Å². The number of aliphatic hydroxyl groups excluding tert-OH is 2. The molecule has 0 aliphatic carbocycles. The monoisotopic (exact) mass is 232 g/mol. The van der Waals surface area contributed by atoms with Crippen LogP contribution in [-0.4, -0.2) is 72.6 Å². The molecule has 1 amide bonds. The minimum absolute atomic E-state index is 0.113. The summed E-state index contributed by atoms with van der Waals surface area (Å²) in [4.78, 5) is 13.4. The summed E-state index contributed by atoms with van der Waals surface area (Å²) in [6.07, 6.45) is -1.51. The molecule has 1 aliphatic rings. The molecule has 0 aromatic carbocycles. The number of amides is 1. The fourth-order valence-electron chi connectivity index (χ4n) is 1.70. The molecule has 1 unspecified atom stereocenters. The van der Waals surface area contributed by atoms with E-state index in [9.17, 15) is 15.0 Å². The van der Waals surface area contributed by atoms with Crippen LogP contribution in [0.5, 0.6) is 0 Å². The van der Waals surface area contributed by atoms with E-state index in [2.05, 4.69) is 5.32 Å². The molecule has 94 valence electrons. The average Bonchev–Trinajstić information content (AvgIpc) is 2.58. The van der Waals surface area contributed by atoms with Crippen LogP contribution in [-0.2, 0) is 9.53 Å². The first kappa shape index (κ1) is 13.4. The predicted octanol–water partition coefficient (Wildman–Crippen LogP) is -1.83. The number of nitrogens with one attached hydrogen (secondary N) is 1. The molecule has 16 heavy (non-hydrogen) atoms. The van der Waals surface area contributed by atoms with Crippen LogP contribution in [0.3, 0.4) is 0 Å². The normalized spacial score (nSPS) is 28.0. The quantitative estimate of drug-likeness (QED) is 0.486. The van der Waals surface area contributed by atoms with Crippen LogP contribution in [0.15, 0.2) is 0 Å². The first-order valence-electron chi connectivity index (χ1n) is 5.43. The topological polar surface area (TPSA) is 82.0 Å². The minimum Gasteiger partial charge on any atom is -0.389 e. The van der Waals surface area contributed by atoms with Crippen LogP contribution in [0.2, 0.25) is 0 Å². The highest BCUT2D eigenvalue weighted by atomic mass is 16.5. The van der Waals surface area contributed by atoms with Crippen LogP contribution >= 0.6 is 0 Å². The van der Waals surface area contributed by atoms with Gasteiger partial charge in [0.05, 0.1) is 24.9 Å². The third-order valence-electron chi connectivity index (χ3n) is 2.82. The second-order valence-electron chi connectivity index (χ2n) is 4.05. The van der Waals surface area contributed by atoms with Gasteiger partial charge in [0, 0.05) is 26.7 Å². The maximum Gasteiger partial charge on any atom is 0.237 e. The van der Waals surface area contributed by atoms with Gasteiger partial charge >= 0.3 is 0 Å². The smallest absolute Gasteiger partial charge is 0.237 e. The number of likely N-dealkylation sites (tertiary alicyclic amines) is 1. The van der Waals surface area contributed by atoms with Crippen molar-refractivity contribution >= 4 is 5.91 Å². The Hall–Kier alpha value is -0.690. The van der Waals surface area contributed by atoms with Crippen molar-refractivity contribution in [3.8, 4) is 0 Å². The van der Waals surface area contributed by atoms with Gasteiger partial charge in [0.1, 0.15) is 0 Å². The van der Waals surface area contributed by atoms with Gasteiger partial charge in [-0.3, -0.25) is 9.69 Å². The summed E-state index contributed by atoms with van der Waals surface area (Å²) < 4.78 is 4.82. The molecule has 6 heteroatoms. The lowest BCUT2D eigenvalue weighted by atomic mass is 10.3. The van der Waals surface area contributed by atoms with E-state index in [1.54, 1.807) is 18.9 Å². The van der Waals surface area contributed by atoms with E-state index >= 15 is 0 Å². The van der Waals surface area contributed by atoms with E-state index in [0.717, 1.165) is 0 Å². The van der Waals surface area contributed by atoms with Gasteiger partial charge in [-0.05, 0) is 6.92 Å². The van der Waals surface area contributed by atoms with Gasteiger partial charge in [-0.15, -0.1) is 0 Å². The zero-order valence-electron chi connectivity index (χ0n) is 9.72. The largest absolute Gasteiger partial charge is 0.389 e. The lowest BCUT2D eigenvalue weighted by Gasteiger charge is -2.22. The van der Waals surface area contributed by atoms with Crippen LogP contribution in [0.4, 0.5) is 0 Å². The van der Waals surface area contributed by atoms with Crippen molar-refractivity contribution in [3.05, 3.63) is 0 Å². The Morgan fingerprint density at radius 1 is 1.50 bits per heavy atom. The van der Waals surface area contributed by atoms with E-state index in [0.29, 0.717) is 26.2 Å². The number of β-amino-alcohol motifs (C(OH)–C–C–N with tert-alkyl or cyclic N) is 2. The predicted molar refractivity (Wildman–Crippen MR) is 57.9 cm³/mol. The zero-order valence-corrected chi connectivity index (χ0v) is 9.72. The summed E-state index contributed by atoms with van der Waals surface area (Å²) in [5, 5.41) is 21.5. The second-order valence-corrected chi connectivity index (χ2v) is 4.05. The molecular formula is C10H20N2O4. The van der Waals surface area contributed by atoms with Gasteiger partial charge in [0.2, 0.25) is 5.91 Å². The number of ether oxygens (including phenoxy) is 1. The Bertz CT molecular complexity index is 227. The number of methoxy groups -OCH3 is 1. The molecule has 1 saturated heterocycles. The number of hydrogen-bond acceptors (Lipinski definition) is 5. The second kappa shape index (κ2) is 6.15. The lowest BCUT2D eigenvalue weighted by Crippen LogP contribution is -2.45. The maximum absolute atomic E-state index is 11.6. The maximum atomic E-state index is 11.6. The van der Waals surface area contributed by atoms with Crippen molar-refractivity contribution in [1.29, 1.82) is 0 Å². The van der Waals surface area contributed by atoms with E-state index in [1.807, 2.05) is 0 Å². The van der Waals surface area contributed by atoms with Gasteiger partial charge < -0.3 is 20.3 Å². The van der Waals surface area contributed by atoms with Gasteiger partial charge in [0.15, 0.2) is 0 Å². The van der Waals surface area contributed by atoms with Gasteiger partial charge in [-0.2, -0.15) is 0 Å². The molecule has 0 aromatic heterocycles. The summed E-state index contributed by atoms with van der Waals surface area (Å²) in [6.45, 7) is 3.37. The summed E-state index contributed by atoms with van der Waals surface area (Å²) >= 11 is 0. The SMILES string of the molecule is COCCNC(=O)C(C)N1C[C@@H](O)[C@@H](O)C1. The van der Waals surface area contributed by atoms with E-state index < -0.39 is 12.2 Å². The number of nitrogens with zero attached hydrogens (tertiary/aromatic N) is 1. The molecule has 0 spiro atoms. The van der Waals surface area contributed by atoms with Crippen molar-refractivity contribution in [2.75, 3.05) is 33.4 Å². The highest BCUT2D eigenvalue weighted by molar-refractivity contribution is 5.81. The molecule has 0 bridgehead atoms. The lowest BCUT2D eigenvalue weighted by molar-refractivity contribution is -0.125. The molecule has 6 nitrogen and oxygen atoms in total. The molecule has 0 radical (unpaired) electrons. The minimum atomic E-state index is -0.755. The van der Waals surface area contributed by atoms with Crippen LogP contribution < -0.4 is 5.32 Å². The van der Waals surface area contributed by atoms with E-state index in [4.69, 9.17) is 4.74 Å². The summed E-state index contributed by atoms with van der Waals surface area (Å²) in [5.74, 6) is -0.113. The Morgan fingerprint density at radius 3 is 2.56 bits per heavy atom.